The van der Waals surface area contributed by atoms with Gasteiger partial charge in [-0.25, -0.2) is 9.50 Å². The molecule has 1 unspecified atom stereocenters. The van der Waals surface area contributed by atoms with Gasteiger partial charge >= 0.3 is 0 Å². The van der Waals surface area contributed by atoms with Gasteiger partial charge in [-0.05, 0) is 24.8 Å². The van der Waals surface area contributed by atoms with Crippen LogP contribution < -0.4 is 0 Å². The molecule has 0 spiro atoms. The first-order valence-corrected chi connectivity index (χ1v) is 7.00. The van der Waals surface area contributed by atoms with Gasteiger partial charge in [0, 0.05) is 5.56 Å². The van der Waals surface area contributed by atoms with Crippen LogP contribution in [0.1, 0.15) is 29.1 Å². The lowest BCUT2D eigenvalue weighted by atomic mass is 9.85. The van der Waals surface area contributed by atoms with Crippen LogP contribution in [0.3, 0.4) is 0 Å². The number of hydrogen-bond acceptors (Lipinski definition) is 3. The lowest BCUT2D eigenvalue weighted by molar-refractivity contribution is 0.706. The Morgan fingerprint density at radius 3 is 3.06 bits per heavy atom. The van der Waals surface area contributed by atoms with Crippen molar-refractivity contribution in [1.29, 1.82) is 0 Å². The normalized spacial score (nSPS) is 17.8. The van der Waals surface area contributed by atoms with Crippen molar-refractivity contribution in [3.05, 3.63) is 40.5 Å². The van der Waals surface area contributed by atoms with Crippen molar-refractivity contribution in [3.8, 4) is 11.3 Å². The standard InChI is InChI=1S/C14H13N3S/c1-8-7-12-13(11-6-4-3-5-10(8)11)15-14-17(12)16-9(2)18-14/h3-6,8H,7H2,1-2H3. The molecule has 18 heavy (non-hydrogen) atoms. The summed E-state index contributed by atoms with van der Waals surface area (Å²) in [6, 6.07) is 8.59. The SMILES string of the molecule is Cc1nn2c3c(nc2s1)-c1ccccc1C(C)C3. The van der Waals surface area contributed by atoms with Gasteiger partial charge < -0.3 is 0 Å². The number of rotatable bonds is 0. The van der Waals surface area contributed by atoms with E-state index in [1.807, 2.05) is 11.4 Å². The van der Waals surface area contributed by atoms with Gasteiger partial charge in [-0.3, -0.25) is 0 Å². The van der Waals surface area contributed by atoms with E-state index in [-0.39, 0.29) is 0 Å². The van der Waals surface area contributed by atoms with Gasteiger partial charge in [0.15, 0.2) is 0 Å². The van der Waals surface area contributed by atoms with Crippen LogP contribution in [-0.2, 0) is 6.42 Å². The molecule has 0 fully saturated rings. The third-order valence-corrected chi connectivity index (χ3v) is 4.47. The van der Waals surface area contributed by atoms with E-state index in [4.69, 9.17) is 4.98 Å². The molecule has 2 aromatic heterocycles. The molecule has 3 aromatic rings. The van der Waals surface area contributed by atoms with Crippen molar-refractivity contribution in [2.75, 3.05) is 0 Å². The highest BCUT2D eigenvalue weighted by Gasteiger charge is 2.27. The monoisotopic (exact) mass is 255 g/mol. The number of aromatic nitrogens is 3. The van der Waals surface area contributed by atoms with Gasteiger partial charge in [0.1, 0.15) is 5.01 Å². The third kappa shape index (κ3) is 1.24. The van der Waals surface area contributed by atoms with Crippen LogP contribution in [0.25, 0.3) is 16.2 Å². The maximum atomic E-state index is 4.77. The molecule has 0 aliphatic heterocycles. The van der Waals surface area contributed by atoms with Gasteiger partial charge in [-0.1, -0.05) is 42.5 Å². The minimum Gasteiger partial charge on any atom is -0.217 e. The zero-order valence-electron chi connectivity index (χ0n) is 10.3. The molecule has 2 heterocycles. The van der Waals surface area contributed by atoms with E-state index in [0.717, 1.165) is 22.1 Å². The molecule has 1 aromatic carbocycles. The van der Waals surface area contributed by atoms with E-state index >= 15 is 0 Å². The van der Waals surface area contributed by atoms with E-state index in [1.54, 1.807) is 11.3 Å². The molecule has 1 aliphatic carbocycles. The fourth-order valence-corrected chi connectivity index (χ4v) is 3.59. The van der Waals surface area contributed by atoms with Crippen LogP contribution in [0.5, 0.6) is 0 Å². The second-order valence-electron chi connectivity index (χ2n) is 4.91. The number of nitrogens with zero attached hydrogens (tertiary/aromatic N) is 3. The van der Waals surface area contributed by atoms with Crippen LogP contribution in [-0.4, -0.2) is 14.6 Å². The first kappa shape index (κ1) is 10.3. The molecule has 0 saturated carbocycles. The molecule has 4 heteroatoms. The van der Waals surface area contributed by atoms with Crippen LogP contribution >= 0.6 is 11.3 Å². The zero-order valence-corrected chi connectivity index (χ0v) is 11.2. The Kier molecular flexibility index (Phi) is 1.95. The Labute approximate surface area is 109 Å². The summed E-state index contributed by atoms with van der Waals surface area (Å²) >= 11 is 1.66. The van der Waals surface area contributed by atoms with E-state index in [0.29, 0.717) is 5.92 Å². The predicted molar refractivity (Wildman–Crippen MR) is 73.2 cm³/mol. The summed E-state index contributed by atoms with van der Waals surface area (Å²) in [6.45, 7) is 4.31. The summed E-state index contributed by atoms with van der Waals surface area (Å²) < 4.78 is 2.03. The second kappa shape index (κ2) is 3.42. The molecule has 1 atom stereocenters. The quantitative estimate of drug-likeness (QED) is 0.616. The maximum absolute atomic E-state index is 4.77. The van der Waals surface area contributed by atoms with Crippen molar-refractivity contribution >= 4 is 16.3 Å². The smallest absolute Gasteiger partial charge is 0.212 e. The molecule has 0 radical (unpaired) electrons. The molecule has 0 bridgehead atoms. The minimum absolute atomic E-state index is 0.538. The van der Waals surface area contributed by atoms with Crippen molar-refractivity contribution in [3.63, 3.8) is 0 Å². The van der Waals surface area contributed by atoms with Gasteiger partial charge in [-0.2, -0.15) is 5.10 Å². The Balaban J connectivity index is 2.08. The molecule has 0 N–H and O–H groups in total. The Hall–Kier alpha value is -1.68. The molecule has 1 aliphatic rings. The molecule has 90 valence electrons. The van der Waals surface area contributed by atoms with Crippen molar-refractivity contribution < 1.29 is 0 Å². The fraction of sp³-hybridized carbons (Fsp3) is 0.286. The van der Waals surface area contributed by atoms with Gasteiger partial charge in [-0.15, -0.1) is 0 Å². The zero-order chi connectivity index (χ0) is 12.3. The third-order valence-electron chi connectivity index (χ3n) is 3.64. The second-order valence-corrected chi connectivity index (χ2v) is 6.08. The molecular weight excluding hydrogens is 242 g/mol. The van der Waals surface area contributed by atoms with E-state index in [9.17, 15) is 0 Å². The van der Waals surface area contributed by atoms with Crippen molar-refractivity contribution in [1.82, 2.24) is 14.6 Å². The predicted octanol–water partition coefficient (Wildman–Crippen LogP) is 3.43. The van der Waals surface area contributed by atoms with Crippen molar-refractivity contribution in [2.45, 2.75) is 26.2 Å². The number of fused-ring (bicyclic) bond motifs is 5. The Morgan fingerprint density at radius 1 is 1.33 bits per heavy atom. The minimum atomic E-state index is 0.538. The first-order chi connectivity index (χ1) is 8.74. The summed E-state index contributed by atoms with van der Waals surface area (Å²) in [5, 5.41) is 5.64. The number of aryl methyl sites for hydroxylation is 1. The average molecular weight is 255 g/mol. The lowest BCUT2D eigenvalue weighted by Gasteiger charge is -2.21. The van der Waals surface area contributed by atoms with Gasteiger partial charge in [0.2, 0.25) is 4.96 Å². The van der Waals surface area contributed by atoms with Crippen LogP contribution in [0.2, 0.25) is 0 Å². The topological polar surface area (TPSA) is 30.2 Å². The van der Waals surface area contributed by atoms with Crippen LogP contribution in [0.15, 0.2) is 24.3 Å². The fourth-order valence-electron chi connectivity index (χ4n) is 2.83. The average Bonchev–Trinajstić information content (AvgIpc) is 2.87. The lowest BCUT2D eigenvalue weighted by Crippen LogP contribution is -2.10. The highest BCUT2D eigenvalue weighted by atomic mass is 32.1. The van der Waals surface area contributed by atoms with E-state index < -0.39 is 0 Å². The molecule has 4 rings (SSSR count). The van der Waals surface area contributed by atoms with Gasteiger partial charge in [0.05, 0.1) is 11.4 Å². The summed E-state index contributed by atoms with van der Waals surface area (Å²) in [6.07, 6.45) is 1.02. The van der Waals surface area contributed by atoms with Crippen LogP contribution in [0.4, 0.5) is 0 Å². The number of imidazole rings is 1. The Morgan fingerprint density at radius 2 is 2.17 bits per heavy atom. The number of hydrogen-bond donors (Lipinski definition) is 0. The molecular formula is C14H13N3S. The molecule has 0 saturated heterocycles. The molecule has 3 nitrogen and oxygen atoms in total. The van der Waals surface area contributed by atoms with Crippen molar-refractivity contribution in [2.24, 2.45) is 0 Å². The summed E-state index contributed by atoms with van der Waals surface area (Å²) in [4.78, 5) is 5.78. The first-order valence-electron chi connectivity index (χ1n) is 6.18. The number of benzene rings is 1. The van der Waals surface area contributed by atoms with E-state index in [2.05, 4.69) is 36.3 Å². The highest BCUT2D eigenvalue weighted by Crippen LogP contribution is 2.39. The summed E-state index contributed by atoms with van der Waals surface area (Å²) in [5.74, 6) is 0.538. The highest BCUT2D eigenvalue weighted by molar-refractivity contribution is 7.16. The van der Waals surface area contributed by atoms with Crippen LogP contribution in [0, 0.1) is 6.92 Å². The molecule has 0 amide bonds. The largest absolute Gasteiger partial charge is 0.217 e. The summed E-state index contributed by atoms with van der Waals surface area (Å²) in [5.41, 5.74) is 5.08. The Bertz CT molecular complexity index is 754. The van der Waals surface area contributed by atoms with Gasteiger partial charge in [0.25, 0.3) is 0 Å². The van der Waals surface area contributed by atoms with E-state index in [1.165, 1.54) is 16.8 Å². The maximum Gasteiger partial charge on any atom is 0.212 e. The summed E-state index contributed by atoms with van der Waals surface area (Å²) in [7, 11) is 0.